The lowest BCUT2D eigenvalue weighted by Gasteiger charge is -2.17. The Kier molecular flexibility index (Phi) is 5.89. The van der Waals surface area contributed by atoms with E-state index in [2.05, 4.69) is 26.9 Å². The molecule has 0 spiro atoms. The smallest absolute Gasteiger partial charge is 0.258 e. The second kappa shape index (κ2) is 9.12. The summed E-state index contributed by atoms with van der Waals surface area (Å²) in [6.45, 7) is 0.689. The summed E-state index contributed by atoms with van der Waals surface area (Å²) in [7, 11) is 0. The number of carbonyl (C=O) groups excluding carboxylic acids is 2. The third kappa shape index (κ3) is 4.25. The highest BCUT2D eigenvalue weighted by atomic mass is 32.2. The lowest BCUT2D eigenvalue weighted by atomic mass is 10.1. The molecule has 1 N–H and O–H groups in total. The highest BCUT2D eigenvalue weighted by Gasteiger charge is 2.25. The van der Waals surface area contributed by atoms with Crippen LogP contribution in [0.2, 0.25) is 0 Å². The number of hydrogen-bond acceptors (Lipinski definition) is 6. The molecule has 1 saturated carbocycles. The van der Waals surface area contributed by atoms with Crippen LogP contribution in [0.1, 0.15) is 47.6 Å². The zero-order valence-electron chi connectivity index (χ0n) is 17.6. The van der Waals surface area contributed by atoms with Crippen molar-refractivity contribution in [3.63, 3.8) is 0 Å². The minimum atomic E-state index is -0.136. The van der Waals surface area contributed by atoms with Gasteiger partial charge in [-0.15, -0.1) is 5.10 Å². The molecule has 2 heterocycles. The summed E-state index contributed by atoms with van der Waals surface area (Å²) in [4.78, 5) is 27.2. The van der Waals surface area contributed by atoms with Gasteiger partial charge in [0.25, 0.3) is 5.91 Å². The highest BCUT2D eigenvalue weighted by Crippen LogP contribution is 2.31. The van der Waals surface area contributed by atoms with E-state index in [9.17, 15) is 9.59 Å². The Bertz CT molecular complexity index is 1120. The first-order valence-corrected chi connectivity index (χ1v) is 11.9. The fourth-order valence-corrected chi connectivity index (χ4v) is 5.13. The summed E-state index contributed by atoms with van der Waals surface area (Å²) in [5, 5.41) is 15.5. The second-order valence-corrected chi connectivity index (χ2v) is 9.04. The molecule has 32 heavy (non-hydrogen) atoms. The van der Waals surface area contributed by atoms with Crippen molar-refractivity contribution in [3.8, 4) is 0 Å². The predicted molar refractivity (Wildman–Crippen MR) is 123 cm³/mol. The number of rotatable bonds is 6. The summed E-state index contributed by atoms with van der Waals surface area (Å²) in [5.41, 5.74) is 3.43. The van der Waals surface area contributed by atoms with Crippen LogP contribution in [0.4, 0.5) is 11.4 Å². The van der Waals surface area contributed by atoms with E-state index in [1.54, 1.807) is 24.3 Å². The van der Waals surface area contributed by atoms with Crippen molar-refractivity contribution in [1.29, 1.82) is 0 Å². The number of nitrogens with one attached hydrogen (secondary N) is 1. The fraction of sp³-hybridized carbons (Fsp3) is 0.348. The monoisotopic (exact) mass is 448 g/mol. The second-order valence-electron chi connectivity index (χ2n) is 8.09. The van der Waals surface area contributed by atoms with E-state index >= 15 is 0 Å². The van der Waals surface area contributed by atoms with Gasteiger partial charge in [0, 0.05) is 23.5 Å². The van der Waals surface area contributed by atoms with Gasteiger partial charge in [0.15, 0.2) is 0 Å². The van der Waals surface area contributed by atoms with Crippen molar-refractivity contribution in [2.45, 2.75) is 43.3 Å². The highest BCUT2D eigenvalue weighted by molar-refractivity contribution is 7.99. The van der Waals surface area contributed by atoms with Gasteiger partial charge in [0.2, 0.25) is 11.1 Å². The molecule has 2 aromatic carbocycles. The van der Waals surface area contributed by atoms with Crippen LogP contribution in [0, 0.1) is 0 Å². The van der Waals surface area contributed by atoms with Crippen molar-refractivity contribution < 1.29 is 9.59 Å². The molecule has 0 atom stereocenters. The van der Waals surface area contributed by atoms with Gasteiger partial charge in [-0.25, -0.2) is 4.68 Å². The molecule has 8 nitrogen and oxygen atoms in total. The van der Waals surface area contributed by atoms with Crippen LogP contribution < -0.4 is 10.2 Å². The maximum atomic E-state index is 12.9. The molecule has 164 valence electrons. The molecule has 0 radical (unpaired) electrons. The molecule has 1 fully saturated rings. The average Bonchev–Trinajstić information content (AvgIpc) is 3.58. The van der Waals surface area contributed by atoms with E-state index in [0.29, 0.717) is 29.0 Å². The van der Waals surface area contributed by atoms with E-state index in [1.807, 2.05) is 27.8 Å². The van der Waals surface area contributed by atoms with Crippen LogP contribution in [0.15, 0.2) is 53.7 Å². The Morgan fingerprint density at radius 1 is 1.06 bits per heavy atom. The van der Waals surface area contributed by atoms with Crippen molar-refractivity contribution >= 4 is 35.0 Å². The molecular weight excluding hydrogens is 424 g/mol. The molecule has 9 heteroatoms. The van der Waals surface area contributed by atoms with Crippen LogP contribution in [0.25, 0.3) is 0 Å². The fourth-order valence-electron chi connectivity index (χ4n) is 4.39. The number of hydrogen-bond donors (Lipinski definition) is 1. The quantitative estimate of drug-likeness (QED) is 0.578. The van der Waals surface area contributed by atoms with Crippen molar-refractivity contribution in [1.82, 2.24) is 20.2 Å². The number of thioether (sulfide) groups is 1. The van der Waals surface area contributed by atoms with E-state index in [1.165, 1.54) is 30.2 Å². The summed E-state index contributed by atoms with van der Waals surface area (Å²) in [6, 6.07) is 15.4. The van der Waals surface area contributed by atoms with Gasteiger partial charge < -0.3 is 10.2 Å². The number of fused-ring (bicyclic) bond motifs is 1. The summed E-state index contributed by atoms with van der Waals surface area (Å²) in [6.07, 6.45) is 5.42. The van der Waals surface area contributed by atoms with Gasteiger partial charge >= 0.3 is 0 Å². The summed E-state index contributed by atoms with van der Waals surface area (Å²) >= 11 is 1.34. The van der Waals surface area contributed by atoms with Crippen molar-refractivity contribution in [3.05, 3.63) is 59.7 Å². The number of nitrogens with zero attached hydrogens (tertiary/aromatic N) is 5. The molecule has 1 aliphatic heterocycles. The molecular formula is C23H24N6O2S. The Labute approximate surface area is 190 Å². The van der Waals surface area contributed by atoms with Crippen LogP contribution in [-0.2, 0) is 11.2 Å². The average molecular weight is 449 g/mol. The number of amides is 2. The van der Waals surface area contributed by atoms with Gasteiger partial charge in [-0.05, 0) is 65.6 Å². The van der Waals surface area contributed by atoms with Crippen LogP contribution >= 0.6 is 11.8 Å². The molecule has 1 aliphatic carbocycles. The third-order valence-corrected chi connectivity index (χ3v) is 6.95. The van der Waals surface area contributed by atoms with Gasteiger partial charge in [-0.1, -0.05) is 42.8 Å². The topological polar surface area (TPSA) is 93.0 Å². The van der Waals surface area contributed by atoms with Gasteiger partial charge in [-0.2, -0.15) is 0 Å². The standard InChI is InChI=1S/C23H24N6O2S/c30-21(15-32-23-25-26-27-29(23)19-6-2-3-7-19)24-18-11-9-17(10-12-18)22(31)28-14-13-16-5-1-4-8-20(16)28/h1,4-5,8-12,19H,2-3,6-7,13-15H2,(H,24,30). The number of aromatic nitrogens is 4. The number of benzene rings is 2. The van der Waals surface area contributed by atoms with E-state index in [4.69, 9.17) is 0 Å². The molecule has 2 amide bonds. The van der Waals surface area contributed by atoms with Crippen molar-refractivity contribution in [2.75, 3.05) is 22.5 Å². The molecule has 5 rings (SSSR count). The van der Waals surface area contributed by atoms with Crippen molar-refractivity contribution in [2.24, 2.45) is 0 Å². The van der Waals surface area contributed by atoms with Crippen LogP contribution in [-0.4, -0.2) is 44.3 Å². The predicted octanol–water partition coefficient (Wildman–Crippen LogP) is 3.72. The molecule has 3 aromatic rings. The van der Waals surface area contributed by atoms with Crippen LogP contribution in [0.5, 0.6) is 0 Å². The third-order valence-electron chi connectivity index (χ3n) is 6.01. The van der Waals surface area contributed by atoms with E-state index < -0.39 is 0 Å². The first-order chi connectivity index (χ1) is 15.7. The van der Waals surface area contributed by atoms with Crippen LogP contribution in [0.3, 0.4) is 0 Å². The number of tetrazole rings is 1. The first kappa shape index (κ1) is 20.7. The molecule has 1 aromatic heterocycles. The largest absolute Gasteiger partial charge is 0.325 e. The SMILES string of the molecule is O=C(CSc1nnnn1C1CCCC1)Nc1ccc(C(=O)N2CCc3ccccc32)cc1. The van der Waals surface area contributed by atoms with Gasteiger partial charge in [0.1, 0.15) is 0 Å². The Morgan fingerprint density at radius 2 is 1.84 bits per heavy atom. The summed E-state index contributed by atoms with van der Waals surface area (Å²) < 4.78 is 1.85. The zero-order chi connectivity index (χ0) is 21.9. The minimum absolute atomic E-state index is 0.0258. The molecule has 0 bridgehead atoms. The zero-order valence-corrected chi connectivity index (χ0v) is 18.4. The Hall–Kier alpha value is -3.20. The molecule has 2 aliphatic rings. The summed E-state index contributed by atoms with van der Waals surface area (Å²) in [5.74, 6) is 0.0591. The normalized spacial score (nSPS) is 15.7. The number of carbonyl (C=O) groups is 2. The number of para-hydroxylation sites is 1. The lowest BCUT2D eigenvalue weighted by molar-refractivity contribution is -0.113. The maximum absolute atomic E-state index is 12.9. The molecule has 0 unspecified atom stereocenters. The lowest BCUT2D eigenvalue weighted by Crippen LogP contribution is -2.28. The van der Waals surface area contributed by atoms with Gasteiger partial charge in [0.05, 0.1) is 11.8 Å². The Balaban J connectivity index is 1.17. The number of anilines is 2. The van der Waals surface area contributed by atoms with Gasteiger partial charge in [-0.3, -0.25) is 9.59 Å². The minimum Gasteiger partial charge on any atom is -0.325 e. The van der Waals surface area contributed by atoms with E-state index in [0.717, 1.165) is 24.9 Å². The molecule has 0 saturated heterocycles. The van der Waals surface area contributed by atoms with E-state index in [-0.39, 0.29) is 17.6 Å². The maximum Gasteiger partial charge on any atom is 0.258 e. The first-order valence-electron chi connectivity index (χ1n) is 10.9. The Morgan fingerprint density at radius 3 is 2.66 bits per heavy atom.